The van der Waals surface area contributed by atoms with E-state index < -0.39 is 6.09 Å². The van der Waals surface area contributed by atoms with E-state index in [1.165, 1.54) is 0 Å². The van der Waals surface area contributed by atoms with Crippen molar-refractivity contribution in [3.05, 3.63) is 108 Å². The van der Waals surface area contributed by atoms with Gasteiger partial charge in [0.15, 0.2) is 5.65 Å². The molecule has 50 heavy (non-hydrogen) atoms. The first kappa shape index (κ1) is 34.8. The standard InChI is InChI=1S/C39H46N6O5/c1-29(2)37(46)42(3)19-20-44(18-11-17-43-21-24-48-25-22-43)39(47)50-38-34(27-32-16-10-23-49-32)41-36-33(26-30-12-6-4-7-13-30)40-35(28-45(36)38)31-14-8-5-9-15-31/h4-10,12-16,23,28-29H,11,17-22,24-27H2,1-3H3. The molecule has 1 saturated heterocycles. The number of carbonyl (C=O) groups is 2. The van der Waals surface area contributed by atoms with Gasteiger partial charge in [-0.15, -0.1) is 0 Å². The largest absolute Gasteiger partial charge is 0.469 e. The zero-order valence-corrected chi connectivity index (χ0v) is 29.2. The van der Waals surface area contributed by atoms with Gasteiger partial charge < -0.3 is 23.7 Å². The predicted octanol–water partition coefficient (Wildman–Crippen LogP) is 5.81. The molecule has 11 nitrogen and oxygen atoms in total. The molecule has 2 amide bonds. The number of likely N-dealkylation sites (N-methyl/N-ethyl adjacent to an activating group) is 1. The maximum Gasteiger partial charge on any atom is 0.416 e. The normalized spacial score (nSPS) is 13.5. The fraction of sp³-hybridized carbons (Fsp3) is 0.385. The number of fused-ring (bicyclic) bond motifs is 1. The number of ether oxygens (including phenoxy) is 2. The second-order valence-electron chi connectivity index (χ2n) is 13.0. The van der Waals surface area contributed by atoms with E-state index in [0.29, 0.717) is 68.7 Å². The van der Waals surface area contributed by atoms with E-state index in [9.17, 15) is 9.59 Å². The molecule has 11 heteroatoms. The van der Waals surface area contributed by atoms with Crippen LogP contribution in [0.4, 0.5) is 4.79 Å². The van der Waals surface area contributed by atoms with Gasteiger partial charge in [0.2, 0.25) is 11.8 Å². The molecule has 1 aliphatic heterocycles. The lowest BCUT2D eigenvalue weighted by Crippen LogP contribution is -2.43. The summed E-state index contributed by atoms with van der Waals surface area (Å²) in [6, 6.07) is 23.8. The van der Waals surface area contributed by atoms with Gasteiger partial charge in [-0.25, -0.2) is 14.8 Å². The molecule has 0 atom stereocenters. The van der Waals surface area contributed by atoms with Gasteiger partial charge in [0.05, 0.1) is 37.3 Å². The molecule has 0 spiro atoms. The van der Waals surface area contributed by atoms with Crippen LogP contribution < -0.4 is 4.74 Å². The summed E-state index contributed by atoms with van der Waals surface area (Å²) in [5, 5.41) is 0. The van der Waals surface area contributed by atoms with Gasteiger partial charge in [-0.05, 0) is 24.1 Å². The highest BCUT2D eigenvalue weighted by molar-refractivity contribution is 5.78. The van der Waals surface area contributed by atoms with Crippen molar-refractivity contribution in [2.45, 2.75) is 33.1 Å². The molecule has 6 rings (SSSR count). The minimum Gasteiger partial charge on any atom is -0.469 e. The first-order valence-electron chi connectivity index (χ1n) is 17.4. The molecule has 1 aliphatic rings. The highest BCUT2D eigenvalue weighted by atomic mass is 16.6. The van der Waals surface area contributed by atoms with E-state index in [-0.39, 0.29) is 11.8 Å². The summed E-state index contributed by atoms with van der Waals surface area (Å²) >= 11 is 0. The molecule has 0 aliphatic carbocycles. The first-order valence-corrected chi connectivity index (χ1v) is 17.4. The second kappa shape index (κ2) is 16.6. The molecule has 4 heterocycles. The number of rotatable bonds is 14. The Morgan fingerprint density at radius 1 is 0.880 bits per heavy atom. The van der Waals surface area contributed by atoms with Gasteiger partial charge in [-0.2, -0.15) is 0 Å². The summed E-state index contributed by atoms with van der Waals surface area (Å²) in [6.07, 6.45) is 4.63. The van der Waals surface area contributed by atoms with Crippen LogP contribution in [0.25, 0.3) is 16.9 Å². The third-order valence-electron chi connectivity index (χ3n) is 8.93. The number of amides is 2. The average molecular weight is 679 g/mol. The second-order valence-corrected chi connectivity index (χ2v) is 13.0. The molecule has 0 unspecified atom stereocenters. The molecule has 0 radical (unpaired) electrons. The Morgan fingerprint density at radius 3 is 2.32 bits per heavy atom. The molecule has 2 aromatic carbocycles. The lowest BCUT2D eigenvalue weighted by Gasteiger charge is -2.29. The lowest BCUT2D eigenvalue weighted by atomic mass is 10.1. The lowest BCUT2D eigenvalue weighted by molar-refractivity contribution is -0.133. The van der Waals surface area contributed by atoms with Gasteiger partial charge in [0.25, 0.3) is 0 Å². The van der Waals surface area contributed by atoms with E-state index in [1.54, 1.807) is 23.1 Å². The summed E-state index contributed by atoms with van der Waals surface area (Å²) in [7, 11) is 1.78. The fourth-order valence-corrected chi connectivity index (χ4v) is 6.17. The first-order chi connectivity index (χ1) is 24.4. The van der Waals surface area contributed by atoms with Crippen LogP contribution in [0.1, 0.15) is 43.0 Å². The van der Waals surface area contributed by atoms with Crippen LogP contribution >= 0.6 is 0 Å². The molecule has 0 N–H and O–H groups in total. The quantitative estimate of drug-likeness (QED) is 0.145. The van der Waals surface area contributed by atoms with Crippen LogP contribution in [0, 0.1) is 5.92 Å². The zero-order valence-electron chi connectivity index (χ0n) is 29.2. The van der Waals surface area contributed by atoms with Crippen molar-refractivity contribution in [3.8, 4) is 17.1 Å². The van der Waals surface area contributed by atoms with E-state index in [0.717, 1.165) is 48.6 Å². The van der Waals surface area contributed by atoms with Gasteiger partial charge in [0.1, 0.15) is 11.5 Å². The maximum absolute atomic E-state index is 14.2. The summed E-state index contributed by atoms with van der Waals surface area (Å²) in [5.74, 6) is 0.908. The van der Waals surface area contributed by atoms with Crippen molar-refractivity contribution in [2.24, 2.45) is 5.92 Å². The highest BCUT2D eigenvalue weighted by Gasteiger charge is 2.26. The van der Waals surface area contributed by atoms with Crippen molar-refractivity contribution >= 4 is 17.6 Å². The summed E-state index contributed by atoms with van der Waals surface area (Å²) < 4.78 is 19.4. The molecular formula is C39H46N6O5. The number of hydrogen-bond acceptors (Lipinski definition) is 8. The average Bonchev–Trinajstić information content (AvgIpc) is 3.78. The number of morpholine rings is 1. The van der Waals surface area contributed by atoms with Gasteiger partial charge >= 0.3 is 6.09 Å². The van der Waals surface area contributed by atoms with Crippen LogP contribution in [0.3, 0.4) is 0 Å². The monoisotopic (exact) mass is 678 g/mol. The fourth-order valence-electron chi connectivity index (χ4n) is 6.17. The van der Waals surface area contributed by atoms with Gasteiger partial charge in [-0.3, -0.25) is 14.1 Å². The third-order valence-corrected chi connectivity index (χ3v) is 8.93. The molecular weight excluding hydrogens is 632 g/mol. The summed E-state index contributed by atoms with van der Waals surface area (Å²) in [6.45, 7) is 8.96. The van der Waals surface area contributed by atoms with E-state index in [1.807, 2.05) is 85.1 Å². The molecule has 1 fully saturated rings. The molecule has 0 saturated carbocycles. The van der Waals surface area contributed by atoms with Crippen molar-refractivity contribution in [3.63, 3.8) is 0 Å². The van der Waals surface area contributed by atoms with Crippen LogP contribution in [-0.4, -0.2) is 101 Å². The van der Waals surface area contributed by atoms with Crippen molar-refractivity contribution in [1.29, 1.82) is 0 Å². The number of hydrogen-bond donors (Lipinski definition) is 0. The Bertz CT molecular complexity index is 1840. The van der Waals surface area contributed by atoms with Crippen molar-refractivity contribution in [1.82, 2.24) is 29.1 Å². The third kappa shape index (κ3) is 8.77. The van der Waals surface area contributed by atoms with Crippen molar-refractivity contribution in [2.75, 3.05) is 59.5 Å². The van der Waals surface area contributed by atoms with Gasteiger partial charge in [0, 0.05) is 70.4 Å². The van der Waals surface area contributed by atoms with Crippen LogP contribution in [0.15, 0.2) is 89.7 Å². The molecule has 5 aromatic rings. The maximum atomic E-state index is 14.2. The van der Waals surface area contributed by atoms with E-state index in [2.05, 4.69) is 17.0 Å². The molecule has 3 aromatic heterocycles. The van der Waals surface area contributed by atoms with Crippen LogP contribution in [0.5, 0.6) is 5.88 Å². The summed E-state index contributed by atoms with van der Waals surface area (Å²) in [5.41, 5.74) is 4.70. The van der Waals surface area contributed by atoms with Crippen LogP contribution in [-0.2, 0) is 22.4 Å². The number of carbonyl (C=O) groups excluding carboxylic acids is 2. The topological polar surface area (TPSA) is 106 Å². The number of nitrogens with zero attached hydrogens (tertiary/aromatic N) is 6. The number of imidazole rings is 1. The van der Waals surface area contributed by atoms with E-state index in [4.69, 9.17) is 23.9 Å². The van der Waals surface area contributed by atoms with E-state index >= 15 is 0 Å². The Labute approximate surface area is 293 Å². The van der Waals surface area contributed by atoms with Gasteiger partial charge in [-0.1, -0.05) is 74.5 Å². The zero-order chi connectivity index (χ0) is 34.9. The summed E-state index contributed by atoms with van der Waals surface area (Å²) in [4.78, 5) is 42.8. The Morgan fingerprint density at radius 2 is 1.62 bits per heavy atom. The number of furan rings is 1. The minimum atomic E-state index is -0.498. The number of benzene rings is 2. The molecule has 262 valence electrons. The van der Waals surface area contributed by atoms with Crippen LogP contribution in [0.2, 0.25) is 0 Å². The van der Waals surface area contributed by atoms with Crippen molar-refractivity contribution < 1.29 is 23.5 Å². The Balaban J connectivity index is 1.36. The minimum absolute atomic E-state index is 0.0287. The molecule has 0 bridgehead atoms. The smallest absolute Gasteiger partial charge is 0.416 e. The Hall–Kier alpha value is -5.00. The Kier molecular flexibility index (Phi) is 11.6. The predicted molar refractivity (Wildman–Crippen MR) is 191 cm³/mol. The number of aromatic nitrogens is 3. The highest BCUT2D eigenvalue weighted by Crippen LogP contribution is 2.30. The SMILES string of the molecule is CC(C)C(=O)N(C)CCN(CCCN1CCOCC1)C(=O)Oc1c(Cc2ccco2)nc2c(Cc3ccccc3)nc(-c3ccccc3)cn12.